The summed E-state index contributed by atoms with van der Waals surface area (Å²) < 4.78 is 19.8. The zero-order valence-corrected chi connectivity index (χ0v) is 31.3. The van der Waals surface area contributed by atoms with Gasteiger partial charge in [0.15, 0.2) is 5.52 Å². The number of aryl methyl sites for hydroxylation is 3. The highest BCUT2D eigenvalue weighted by Gasteiger charge is 2.23. The van der Waals surface area contributed by atoms with E-state index < -0.39 is 0 Å². The van der Waals surface area contributed by atoms with Gasteiger partial charge < -0.3 is 14.2 Å². The van der Waals surface area contributed by atoms with Gasteiger partial charge in [-0.3, -0.25) is 4.79 Å². The highest BCUT2D eigenvalue weighted by atomic mass is 31.1. The van der Waals surface area contributed by atoms with E-state index in [4.69, 9.17) is 14.2 Å². The molecule has 0 radical (unpaired) electrons. The largest absolute Gasteiger partial charge is 0.493 e. The van der Waals surface area contributed by atoms with Crippen LogP contribution in [0.1, 0.15) is 146 Å². The third-order valence-electron chi connectivity index (χ3n) is 9.25. The number of unbranched alkanes of at least 4 members (excludes halogenated alkanes) is 3. The molecule has 4 nitrogen and oxygen atoms in total. The van der Waals surface area contributed by atoms with Crippen molar-refractivity contribution in [2.45, 2.75) is 139 Å². The van der Waals surface area contributed by atoms with E-state index in [-0.39, 0.29) is 14.1 Å². The Morgan fingerprint density at radius 3 is 1.40 bits per heavy atom. The summed E-state index contributed by atoms with van der Waals surface area (Å²) >= 11 is 0. The second-order valence-corrected chi connectivity index (χ2v) is 14.4. The second kappa shape index (κ2) is 21.7. The topological polar surface area (TPSA) is 44.8 Å². The van der Waals surface area contributed by atoms with E-state index in [0.717, 1.165) is 71.3 Å². The van der Waals surface area contributed by atoms with Crippen LogP contribution in [-0.2, 0) is 0 Å². The average molecular weight is 641 g/mol. The Bertz CT molecular complexity index is 1080. The van der Waals surface area contributed by atoms with Gasteiger partial charge in [0.2, 0.25) is 0 Å². The Morgan fingerprint density at radius 1 is 0.622 bits per heavy atom. The van der Waals surface area contributed by atoms with Gasteiger partial charge >= 0.3 is 0 Å². The molecular weight excluding hydrogens is 575 g/mol. The molecule has 2 aromatic rings. The number of rotatable bonds is 24. The number of carbonyl (C=O) groups excluding carboxylic acids is 1. The third kappa shape index (κ3) is 13.3. The Kier molecular flexibility index (Phi) is 18.8. The quantitative estimate of drug-likeness (QED) is 0.107. The third-order valence-corrected chi connectivity index (χ3v) is 10.5. The van der Waals surface area contributed by atoms with Crippen molar-refractivity contribution in [1.82, 2.24) is 0 Å². The number of carbonyl (C=O) groups is 1. The first-order valence-corrected chi connectivity index (χ1v) is 19.2. The van der Waals surface area contributed by atoms with Crippen LogP contribution in [0.25, 0.3) is 0 Å². The fourth-order valence-corrected chi connectivity index (χ4v) is 7.32. The summed E-state index contributed by atoms with van der Waals surface area (Å²) in [4.78, 5) is 14.1. The molecule has 45 heavy (non-hydrogen) atoms. The van der Waals surface area contributed by atoms with Crippen LogP contribution < -0.4 is 19.5 Å². The summed E-state index contributed by atoms with van der Waals surface area (Å²) in [5.41, 5.74) is 4.20. The van der Waals surface area contributed by atoms with E-state index in [0.29, 0.717) is 37.6 Å². The predicted octanol–water partition coefficient (Wildman–Crippen LogP) is 11.5. The van der Waals surface area contributed by atoms with Gasteiger partial charge in [-0.25, -0.2) is 0 Å². The Hall–Kier alpha value is -2.06. The second-order valence-electron chi connectivity index (χ2n) is 13.2. The Balaban J connectivity index is 2.56. The Morgan fingerprint density at radius 2 is 1.02 bits per heavy atom. The molecule has 0 amide bonds. The summed E-state index contributed by atoms with van der Waals surface area (Å²) in [6, 6.07) is 8.28. The fraction of sp³-hybridized carbons (Fsp3) is 0.675. The van der Waals surface area contributed by atoms with Crippen molar-refractivity contribution in [1.29, 1.82) is 0 Å². The molecule has 254 valence electrons. The lowest BCUT2D eigenvalue weighted by atomic mass is 10.0. The number of hydrogen-bond acceptors (Lipinski definition) is 4. The van der Waals surface area contributed by atoms with Gasteiger partial charge in [0.1, 0.15) is 17.2 Å². The van der Waals surface area contributed by atoms with Gasteiger partial charge in [0.25, 0.3) is 0 Å². The minimum absolute atomic E-state index is 0.0977. The molecule has 5 heteroatoms. The molecule has 0 spiro atoms. The van der Waals surface area contributed by atoms with Crippen molar-refractivity contribution in [2.24, 2.45) is 17.8 Å². The molecule has 0 heterocycles. The SMILES string of the molecule is CCCCC(CC)COc1cc(OCC(CC)CCCC)c(PC(=O)c2c(C)cc(C)cc2C)c(OCC(CC)CCCC)c1. The van der Waals surface area contributed by atoms with E-state index in [1.54, 1.807) is 0 Å². The molecule has 2 rings (SSSR count). The van der Waals surface area contributed by atoms with Crippen molar-refractivity contribution < 1.29 is 19.0 Å². The molecule has 0 aliphatic heterocycles. The van der Waals surface area contributed by atoms with Crippen molar-refractivity contribution in [3.63, 3.8) is 0 Å². The molecular formula is C40H65O4P. The summed E-state index contributed by atoms with van der Waals surface area (Å²) in [7, 11) is -0.0977. The van der Waals surface area contributed by atoms with Crippen LogP contribution >= 0.6 is 8.58 Å². The van der Waals surface area contributed by atoms with Crippen molar-refractivity contribution in [2.75, 3.05) is 19.8 Å². The molecule has 0 saturated heterocycles. The van der Waals surface area contributed by atoms with Gasteiger partial charge in [0, 0.05) is 17.7 Å². The van der Waals surface area contributed by atoms with Gasteiger partial charge in [0.05, 0.1) is 25.1 Å². The zero-order chi connectivity index (χ0) is 33.2. The van der Waals surface area contributed by atoms with E-state index in [9.17, 15) is 4.79 Å². The number of benzene rings is 2. The van der Waals surface area contributed by atoms with E-state index in [2.05, 4.69) is 60.6 Å². The number of ether oxygens (including phenoxy) is 3. The van der Waals surface area contributed by atoms with Crippen LogP contribution in [-0.4, -0.2) is 25.3 Å². The van der Waals surface area contributed by atoms with Crippen molar-refractivity contribution >= 4 is 19.4 Å². The fourth-order valence-electron chi connectivity index (χ4n) is 6.04. The van der Waals surface area contributed by atoms with E-state index in [1.807, 2.05) is 26.0 Å². The maximum absolute atomic E-state index is 14.1. The van der Waals surface area contributed by atoms with Crippen LogP contribution in [0.2, 0.25) is 0 Å². The summed E-state index contributed by atoms with van der Waals surface area (Å²) in [6.07, 6.45) is 13.9. The smallest absolute Gasteiger partial charge is 0.186 e. The predicted molar refractivity (Wildman–Crippen MR) is 196 cm³/mol. The zero-order valence-electron chi connectivity index (χ0n) is 30.3. The molecule has 0 aromatic heterocycles. The molecule has 0 aliphatic rings. The molecule has 4 unspecified atom stereocenters. The maximum atomic E-state index is 14.1. The van der Waals surface area contributed by atoms with Crippen molar-refractivity contribution in [3.05, 3.63) is 46.5 Å². The first-order chi connectivity index (χ1) is 21.7. The minimum atomic E-state index is -0.0977. The molecule has 0 fully saturated rings. The standard InChI is InChI=1S/C40H65O4P/c1-10-16-19-32(13-4)26-42-35-24-36(43-27-33(14-5)20-17-11-2)39(37(25-35)44-28-34(15-6)21-18-12-3)45-40(41)38-30(8)22-29(7)23-31(38)9/h22-25,32-34,45H,10-21,26-28H2,1-9H3. The van der Waals surface area contributed by atoms with Crippen LogP contribution in [0.15, 0.2) is 24.3 Å². The maximum Gasteiger partial charge on any atom is 0.186 e. The molecule has 4 atom stereocenters. The van der Waals surface area contributed by atoms with Crippen LogP contribution in [0.4, 0.5) is 0 Å². The summed E-state index contributed by atoms with van der Waals surface area (Å²) in [5, 5.41) is 0.875. The highest BCUT2D eigenvalue weighted by molar-refractivity contribution is 7.66. The molecule has 2 aromatic carbocycles. The summed E-state index contributed by atoms with van der Waals surface area (Å²) in [6.45, 7) is 21.6. The monoisotopic (exact) mass is 640 g/mol. The van der Waals surface area contributed by atoms with E-state index >= 15 is 0 Å². The molecule has 0 N–H and O–H groups in total. The summed E-state index contributed by atoms with van der Waals surface area (Å²) in [5.74, 6) is 3.74. The lowest BCUT2D eigenvalue weighted by molar-refractivity contribution is 0.108. The van der Waals surface area contributed by atoms with Gasteiger partial charge in [-0.05, 0) is 77.5 Å². The molecule has 0 aliphatic carbocycles. The van der Waals surface area contributed by atoms with Crippen molar-refractivity contribution in [3.8, 4) is 17.2 Å². The highest BCUT2D eigenvalue weighted by Crippen LogP contribution is 2.37. The van der Waals surface area contributed by atoms with Crippen LogP contribution in [0.3, 0.4) is 0 Å². The first-order valence-electron chi connectivity index (χ1n) is 18.2. The van der Waals surface area contributed by atoms with Gasteiger partial charge in [-0.15, -0.1) is 0 Å². The minimum Gasteiger partial charge on any atom is -0.493 e. The number of hydrogen-bond donors (Lipinski definition) is 0. The van der Waals surface area contributed by atoms with Gasteiger partial charge in [-0.1, -0.05) is 117 Å². The molecule has 0 saturated carbocycles. The lowest BCUT2D eigenvalue weighted by Crippen LogP contribution is -2.20. The first kappa shape index (κ1) is 39.1. The normalized spacial score (nSPS) is 13.6. The van der Waals surface area contributed by atoms with E-state index in [1.165, 1.54) is 50.5 Å². The average Bonchev–Trinajstić information content (AvgIpc) is 3.01. The van der Waals surface area contributed by atoms with Crippen LogP contribution in [0, 0.1) is 38.5 Å². The van der Waals surface area contributed by atoms with Crippen LogP contribution in [0.5, 0.6) is 17.2 Å². The van der Waals surface area contributed by atoms with Gasteiger partial charge in [-0.2, -0.15) is 0 Å². The Labute approximate surface area is 278 Å². The molecule has 0 bridgehead atoms. The lowest BCUT2D eigenvalue weighted by Gasteiger charge is -2.23.